The number of phenols is 1. The quantitative estimate of drug-likeness (QED) is 0.138. The molecule has 3 heterocycles. The van der Waals surface area contributed by atoms with Gasteiger partial charge in [-0.1, -0.05) is 38.1 Å². The number of aryl methyl sites for hydroxylation is 1. The number of ether oxygens (including phenoxy) is 2. The van der Waals surface area contributed by atoms with Gasteiger partial charge in [0.05, 0.1) is 42.0 Å². The average molecular weight is 763 g/mol. The van der Waals surface area contributed by atoms with Gasteiger partial charge in [-0.3, -0.25) is 24.4 Å². The number of amides is 2. The molecule has 6 rings (SSSR count). The summed E-state index contributed by atoms with van der Waals surface area (Å²) in [5, 5.41) is 26.0. The molecule has 3 aliphatic rings. The van der Waals surface area contributed by atoms with Gasteiger partial charge < -0.3 is 24.5 Å². The highest BCUT2D eigenvalue weighted by Crippen LogP contribution is 2.41. The predicted octanol–water partition coefficient (Wildman–Crippen LogP) is 6.25. The number of allylic oxidation sites excluding steroid dienone is 3. The van der Waals surface area contributed by atoms with E-state index in [9.17, 15) is 24.8 Å². The summed E-state index contributed by atoms with van der Waals surface area (Å²) >= 11 is 0. The van der Waals surface area contributed by atoms with Crippen LogP contribution in [-0.4, -0.2) is 77.6 Å². The Morgan fingerprint density at radius 2 is 2.00 bits per heavy atom. The first-order valence-corrected chi connectivity index (χ1v) is 19.6. The Morgan fingerprint density at radius 3 is 2.66 bits per heavy atom. The van der Waals surface area contributed by atoms with Gasteiger partial charge in [-0.2, -0.15) is 5.26 Å². The molecule has 296 valence electrons. The third kappa shape index (κ3) is 8.15. The van der Waals surface area contributed by atoms with Crippen LogP contribution < -0.4 is 10.7 Å². The molecular weight excluding hydrogens is 709 g/mol. The minimum absolute atomic E-state index is 0.0219. The van der Waals surface area contributed by atoms with Crippen molar-refractivity contribution in [3.8, 4) is 22.9 Å². The molecule has 1 saturated heterocycles. The first-order valence-electron chi connectivity index (χ1n) is 19.6. The number of hydrazine groups is 1. The Labute approximate surface area is 329 Å². The zero-order valence-electron chi connectivity index (χ0n) is 33.4. The number of aliphatic imine (C=N–C) groups is 1. The van der Waals surface area contributed by atoms with Gasteiger partial charge in [0.2, 0.25) is 5.91 Å². The standard InChI is InChI=1S/C44H54N6O6/c1-8-11-33(39(46-6)26(3)55-7)40-35-23-44(4,5)25-56-43(54)36-12-10-17-50(48-36)42(53)37(47-41(52)32-15-13-29(32)24-45)20-27-18-30(21-31(51)19-27)28-14-16-38(34(35)22-28)49(40)9-2/h8,11,14,16,18-19,21-22,26,29,32,36-37,48,51H,6,9-10,12-13,15,17,20,23,25H2,1-5,7H3,(H,47,52)/b11-8-,39-33+/t26-,29?,32?,36-,37-/m0/s1. The number of rotatable bonds is 8. The molecule has 6 bridgehead atoms. The number of methoxy groups -OCH3 is 1. The highest BCUT2D eigenvalue weighted by atomic mass is 16.5. The average Bonchev–Trinajstić information content (AvgIpc) is 3.46. The van der Waals surface area contributed by atoms with Gasteiger partial charge in [-0.05, 0) is 106 Å². The predicted molar refractivity (Wildman–Crippen MR) is 216 cm³/mol. The van der Waals surface area contributed by atoms with Crippen molar-refractivity contribution in [3.63, 3.8) is 0 Å². The normalized spacial score (nSPS) is 23.7. The zero-order valence-corrected chi connectivity index (χ0v) is 33.4. The van der Waals surface area contributed by atoms with Gasteiger partial charge in [0.15, 0.2) is 0 Å². The lowest BCUT2D eigenvalue weighted by molar-refractivity contribution is -0.155. The smallest absolute Gasteiger partial charge is 0.324 e. The van der Waals surface area contributed by atoms with Crippen molar-refractivity contribution in [2.45, 2.75) is 97.9 Å². The molecule has 2 amide bonds. The van der Waals surface area contributed by atoms with Crippen molar-refractivity contribution in [2.24, 2.45) is 22.2 Å². The van der Waals surface area contributed by atoms with Crippen LogP contribution in [0, 0.1) is 28.6 Å². The van der Waals surface area contributed by atoms with E-state index in [1.165, 1.54) is 5.01 Å². The molecular formula is C44H54N6O6. The molecule has 0 spiro atoms. The number of hydrogen-bond donors (Lipinski definition) is 3. The number of nitrogens with zero attached hydrogens (tertiary/aromatic N) is 4. The Balaban J connectivity index is 1.55. The third-order valence-corrected chi connectivity index (χ3v) is 11.4. The largest absolute Gasteiger partial charge is 0.508 e. The summed E-state index contributed by atoms with van der Waals surface area (Å²) in [4.78, 5) is 45.9. The molecule has 3 N–H and O–H groups in total. The number of nitrogens with one attached hydrogen (secondary N) is 2. The number of benzene rings is 2. The molecule has 2 unspecified atom stereocenters. The molecule has 2 aliphatic heterocycles. The highest BCUT2D eigenvalue weighted by Gasteiger charge is 2.40. The number of hydrogen-bond acceptors (Lipinski definition) is 9. The van der Waals surface area contributed by atoms with Crippen LogP contribution in [0.1, 0.15) is 77.1 Å². The number of aromatic hydroxyl groups is 1. The summed E-state index contributed by atoms with van der Waals surface area (Å²) < 4.78 is 14.1. The number of esters is 1. The van der Waals surface area contributed by atoms with E-state index in [1.54, 1.807) is 19.2 Å². The van der Waals surface area contributed by atoms with Gasteiger partial charge in [0.1, 0.15) is 17.8 Å². The Morgan fingerprint density at radius 1 is 1.21 bits per heavy atom. The maximum Gasteiger partial charge on any atom is 0.324 e. The molecule has 56 heavy (non-hydrogen) atoms. The lowest BCUT2D eigenvalue weighted by atomic mass is 9.74. The molecule has 3 aromatic rings. The lowest BCUT2D eigenvalue weighted by Gasteiger charge is -2.37. The minimum atomic E-state index is -1.02. The first kappa shape index (κ1) is 40.4. The maximum atomic E-state index is 14.2. The van der Waals surface area contributed by atoms with Crippen LogP contribution >= 0.6 is 0 Å². The topological polar surface area (TPSA) is 158 Å². The van der Waals surface area contributed by atoms with Crippen molar-refractivity contribution in [2.75, 3.05) is 20.3 Å². The Bertz CT molecular complexity index is 2120. The highest BCUT2D eigenvalue weighted by molar-refractivity contribution is 5.96. The molecule has 2 aromatic carbocycles. The maximum absolute atomic E-state index is 14.2. The summed E-state index contributed by atoms with van der Waals surface area (Å²) in [5.41, 5.74) is 9.41. The van der Waals surface area contributed by atoms with Gasteiger partial charge in [-0.15, -0.1) is 0 Å². The van der Waals surface area contributed by atoms with Crippen molar-refractivity contribution in [1.29, 1.82) is 5.26 Å². The van der Waals surface area contributed by atoms with E-state index in [1.807, 2.05) is 38.1 Å². The molecule has 12 nitrogen and oxygen atoms in total. The summed E-state index contributed by atoms with van der Waals surface area (Å²) in [6, 6.07) is 11.9. The van der Waals surface area contributed by atoms with E-state index < -0.39 is 41.2 Å². The summed E-state index contributed by atoms with van der Waals surface area (Å²) in [5.74, 6) is -2.09. The van der Waals surface area contributed by atoms with Crippen LogP contribution in [0.3, 0.4) is 0 Å². The number of carbonyl (C=O) groups is 3. The molecule has 5 atom stereocenters. The Kier molecular flexibility index (Phi) is 12.2. The SMILES string of the molecule is C=N/C(=C(\C=C/C)c1c2c3cc(ccc3n1CC)-c1cc(O)cc(c1)C[C@H](NC(=O)C1CCC1C#N)C(=O)N1CCC[C@H](N1)C(=O)OCC(C)(C)C2)[C@H](C)OC. The van der Waals surface area contributed by atoms with Gasteiger partial charge >= 0.3 is 5.97 Å². The molecule has 2 fully saturated rings. The van der Waals surface area contributed by atoms with Crippen molar-refractivity contribution >= 4 is 41.0 Å². The molecule has 1 aliphatic carbocycles. The van der Waals surface area contributed by atoms with E-state index in [4.69, 9.17) is 9.47 Å². The van der Waals surface area contributed by atoms with Crippen molar-refractivity contribution < 1.29 is 29.0 Å². The Hall–Kier alpha value is -5.25. The molecule has 1 saturated carbocycles. The second kappa shape index (κ2) is 16.9. The van der Waals surface area contributed by atoms with Crippen LogP contribution in [0.5, 0.6) is 5.75 Å². The van der Waals surface area contributed by atoms with E-state index >= 15 is 0 Å². The first-order chi connectivity index (χ1) is 26.8. The van der Waals surface area contributed by atoms with E-state index in [0.29, 0.717) is 56.5 Å². The number of aromatic nitrogens is 1. The van der Waals surface area contributed by atoms with Gasteiger partial charge in [0, 0.05) is 48.5 Å². The van der Waals surface area contributed by atoms with E-state index in [-0.39, 0.29) is 30.8 Å². The fourth-order valence-corrected chi connectivity index (χ4v) is 8.26. The monoisotopic (exact) mass is 762 g/mol. The number of fused-ring (bicyclic) bond motifs is 6. The van der Waals surface area contributed by atoms with Crippen LogP contribution in [-0.2, 0) is 43.2 Å². The van der Waals surface area contributed by atoms with Gasteiger partial charge in [0.25, 0.3) is 5.91 Å². The molecule has 1 aromatic heterocycles. The zero-order chi connectivity index (χ0) is 40.3. The van der Waals surface area contributed by atoms with Crippen molar-refractivity contribution in [1.82, 2.24) is 20.3 Å². The van der Waals surface area contributed by atoms with E-state index in [2.05, 4.69) is 66.0 Å². The molecule has 0 radical (unpaired) electrons. The fraction of sp³-hybridized carbons (Fsp3) is 0.477. The third-order valence-electron chi connectivity index (χ3n) is 11.4. The number of phenolic OH excluding ortho intramolecular Hbond substituents is 1. The van der Waals surface area contributed by atoms with Crippen LogP contribution in [0.4, 0.5) is 0 Å². The van der Waals surface area contributed by atoms with E-state index in [0.717, 1.165) is 38.9 Å². The summed E-state index contributed by atoms with van der Waals surface area (Å²) in [7, 11) is 1.65. The number of nitriles is 1. The lowest BCUT2D eigenvalue weighted by Crippen LogP contribution is -2.61. The molecule has 12 heteroatoms. The van der Waals surface area contributed by atoms with Crippen molar-refractivity contribution in [3.05, 3.63) is 71.1 Å². The number of carbonyl (C=O) groups excluding carboxylic acids is 3. The summed E-state index contributed by atoms with van der Waals surface area (Å²) in [6.45, 7) is 15.2. The van der Waals surface area contributed by atoms with Crippen LogP contribution in [0.15, 0.2) is 59.2 Å². The number of cyclic esters (lactones) is 1. The second-order valence-corrected chi connectivity index (χ2v) is 16.0. The van der Waals surface area contributed by atoms with Gasteiger partial charge in [-0.25, -0.2) is 5.43 Å². The minimum Gasteiger partial charge on any atom is -0.508 e. The summed E-state index contributed by atoms with van der Waals surface area (Å²) in [6.07, 6.45) is 6.54. The van der Waals surface area contributed by atoms with Crippen LogP contribution in [0.2, 0.25) is 0 Å². The fourth-order valence-electron chi connectivity index (χ4n) is 8.26. The second-order valence-electron chi connectivity index (χ2n) is 16.0. The van der Waals surface area contributed by atoms with Crippen LogP contribution in [0.25, 0.3) is 27.6 Å².